The summed E-state index contributed by atoms with van der Waals surface area (Å²) in [7, 11) is 0. The number of hydrogen-bond acceptors (Lipinski definition) is 2. The Kier molecular flexibility index (Phi) is 4.21. The Hall–Kier alpha value is -0.490. The SMILES string of the molecule is CC(=O)c1ccc(Br)c(OC(F)F)c1Br. The summed E-state index contributed by atoms with van der Waals surface area (Å²) < 4.78 is 29.0. The van der Waals surface area contributed by atoms with E-state index in [4.69, 9.17) is 0 Å². The minimum Gasteiger partial charge on any atom is -0.432 e. The molecule has 15 heavy (non-hydrogen) atoms. The molecule has 6 heteroatoms. The predicted octanol–water partition coefficient (Wildman–Crippen LogP) is 4.02. The van der Waals surface area contributed by atoms with Gasteiger partial charge in [-0.15, -0.1) is 0 Å². The van der Waals surface area contributed by atoms with E-state index in [0.29, 0.717) is 10.0 Å². The summed E-state index contributed by atoms with van der Waals surface area (Å²) in [5, 5.41) is 0. The third-order valence-electron chi connectivity index (χ3n) is 1.64. The summed E-state index contributed by atoms with van der Waals surface area (Å²) in [6.45, 7) is -1.58. The Morgan fingerprint density at radius 3 is 2.47 bits per heavy atom. The first-order valence-electron chi connectivity index (χ1n) is 3.87. The molecule has 0 heterocycles. The Labute approximate surface area is 102 Å². The molecular weight excluding hydrogens is 338 g/mol. The van der Waals surface area contributed by atoms with E-state index in [1.807, 2.05) is 0 Å². The molecule has 0 amide bonds. The van der Waals surface area contributed by atoms with Gasteiger partial charge in [0.2, 0.25) is 0 Å². The number of benzene rings is 1. The second-order valence-corrected chi connectivity index (χ2v) is 4.32. The number of alkyl halides is 2. The van der Waals surface area contributed by atoms with Crippen LogP contribution in [0.3, 0.4) is 0 Å². The molecule has 0 bridgehead atoms. The van der Waals surface area contributed by atoms with E-state index in [-0.39, 0.29) is 16.0 Å². The standard InChI is InChI=1S/C9H6Br2F2O2/c1-4(14)5-2-3-6(10)8(7(5)11)15-9(12)13/h2-3,9H,1H3. The van der Waals surface area contributed by atoms with Crippen molar-refractivity contribution in [1.29, 1.82) is 0 Å². The van der Waals surface area contributed by atoms with Crippen LogP contribution in [0.4, 0.5) is 8.78 Å². The quantitative estimate of drug-likeness (QED) is 0.775. The van der Waals surface area contributed by atoms with Crippen molar-refractivity contribution in [3.05, 3.63) is 26.6 Å². The molecule has 0 aliphatic carbocycles. The van der Waals surface area contributed by atoms with Gasteiger partial charge in [-0.3, -0.25) is 4.79 Å². The van der Waals surface area contributed by atoms with Crippen LogP contribution in [0.25, 0.3) is 0 Å². The summed E-state index contributed by atoms with van der Waals surface area (Å²) in [6.07, 6.45) is 0. The molecule has 0 saturated carbocycles. The molecular formula is C9H6Br2F2O2. The van der Waals surface area contributed by atoms with Crippen LogP contribution >= 0.6 is 31.9 Å². The Balaban J connectivity index is 3.24. The molecule has 0 unspecified atom stereocenters. The summed E-state index contributed by atoms with van der Waals surface area (Å²) >= 11 is 6.11. The highest BCUT2D eigenvalue weighted by molar-refractivity contribution is 9.11. The third kappa shape index (κ3) is 2.98. The van der Waals surface area contributed by atoms with Gasteiger partial charge < -0.3 is 4.74 Å². The second-order valence-electron chi connectivity index (χ2n) is 2.67. The van der Waals surface area contributed by atoms with Gasteiger partial charge in [-0.2, -0.15) is 8.78 Å². The maximum absolute atomic E-state index is 12.1. The minimum atomic E-state index is -2.93. The first-order valence-corrected chi connectivity index (χ1v) is 5.46. The van der Waals surface area contributed by atoms with Gasteiger partial charge in [0, 0.05) is 5.56 Å². The van der Waals surface area contributed by atoms with Crippen molar-refractivity contribution in [1.82, 2.24) is 0 Å². The Morgan fingerprint density at radius 1 is 1.40 bits per heavy atom. The molecule has 0 fully saturated rings. The van der Waals surface area contributed by atoms with E-state index in [9.17, 15) is 13.6 Å². The van der Waals surface area contributed by atoms with Gasteiger partial charge in [0.1, 0.15) is 0 Å². The maximum atomic E-state index is 12.1. The lowest BCUT2D eigenvalue weighted by molar-refractivity contribution is -0.0509. The number of hydrogen-bond donors (Lipinski definition) is 0. The molecule has 0 saturated heterocycles. The average Bonchev–Trinajstić information content (AvgIpc) is 2.11. The highest BCUT2D eigenvalue weighted by Crippen LogP contribution is 2.37. The highest BCUT2D eigenvalue weighted by atomic mass is 79.9. The van der Waals surface area contributed by atoms with Crippen LogP contribution in [-0.4, -0.2) is 12.4 Å². The summed E-state index contributed by atoms with van der Waals surface area (Å²) in [4.78, 5) is 11.1. The van der Waals surface area contributed by atoms with Gasteiger partial charge in [0.25, 0.3) is 0 Å². The minimum absolute atomic E-state index is 0.0716. The van der Waals surface area contributed by atoms with Gasteiger partial charge in [-0.05, 0) is 50.9 Å². The Morgan fingerprint density at radius 2 is 2.00 bits per heavy atom. The molecule has 2 nitrogen and oxygen atoms in total. The highest BCUT2D eigenvalue weighted by Gasteiger charge is 2.17. The molecule has 0 aromatic heterocycles. The molecule has 0 aliphatic rings. The number of Topliss-reactive ketones (excluding diaryl/α,β-unsaturated/α-hetero) is 1. The number of halogens is 4. The van der Waals surface area contributed by atoms with Crippen LogP contribution < -0.4 is 4.74 Å². The lowest BCUT2D eigenvalue weighted by atomic mass is 10.1. The summed E-state index contributed by atoms with van der Waals surface area (Å²) in [5.41, 5.74) is 0.300. The Bertz CT molecular complexity index is 394. The van der Waals surface area contributed by atoms with Crippen LogP contribution in [0, 0.1) is 0 Å². The lowest BCUT2D eigenvalue weighted by Crippen LogP contribution is -2.05. The second kappa shape index (κ2) is 5.03. The van der Waals surface area contributed by atoms with Gasteiger partial charge in [-0.25, -0.2) is 0 Å². The van der Waals surface area contributed by atoms with Crippen molar-refractivity contribution < 1.29 is 18.3 Å². The van der Waals surface area contributed by atoms with Gasteiger partial charge in [-0.1, -0.05) is 0 Å². The number of rotatable bonds is 3. The van der Waals surface area contributed by atoms with Crippen molar-refractivity contribution in [3.8, 4) is 5.75 Å². The van der Waals surface area contributed by atoms with Crippen LogP contribution in [-0.2, 0) is 0 Å². The fraction of sp³-hybridized carbons (Fsp3) is 0.222. The van der Waals surface area contributed by atoms with Crippen molar-refractivity contribution in [2.24, 2.45) is 0 Å². The van der Waals surface area contributed by atoms with Crippen LogP contribution in [0.5, 0.6) is 5.75 Å². The monoisotopic (exact) mass is 342 g/mol. The van der Waals surface area contributed by atoms with Crippen molar-refractivity contribution in [2.45, 2.75) is 13.5 Å². The molecule has 0 atom stereocenters. The summed E-state index contributed by atoms with van der Waals surface area (Å²) in [5.74, 6) is -0.300. The fourth-order valence-corrected chi connectivity index (χ4v) is 2.41. The predicted molar refractivity (Wildman–Crippen MR) is 58.5 cm³/mol. The molecule has 1 rings (SSSR count). The average molecular weight is 344 g/mol. The molecule has 0 aliphatic heterocycles. The number of ketones is 1. The zero-order valence-electron chi connectivity index (χ0n) is 7.56. The van der Waals surface area contributed by atoms with E-state index in [0.717, 1.165) is 0 Å². The zero-order chi connectivity index (χ0) is 11.6. The zero-order valence-corrected chi connectivity index (χ0v) is 10.7. The van der Waals surface area contributed by atoms with Crippen molar-refractivity contribution >= 4 is 37.6 Å². The molecule has 1 aromatic carbocycles. The van der Waals surface area contributed by atoms with Gasteiger partial charge in [0.05, 0.1) is 8.95 Å². The van der Waals surface area contributed by atoms with Gasteiger partial charge in [0.15, 0.2) is 11.5 Å². The van der Waals surface area contributed by atoms with E-state index < -0.39 is 6.61 Å². The fourth-order valence-electron chi connectivity index (χ4n) is 1.00. The van der Waals surface area contributed by atoms with E-state index in [1.54, 1.807) is 0 Å². The largest absolute Gasteiger partial charge is 0.432 e. The van der Waals surface area contributed by atoms with E-state index in [1.165, 1.54) is 19.1 Å². The molecule has 0 radical (unpaired) electrons. The molecule has 0 spiro atoms. The van der Waals surface area contributed by atoms with E-state index >= 15 is 0 Å². The number of ether oxygens (including phenoxy) is 1. The maximum Gasteiger partial charge on any atom is 0.387 e. The smallest absolute Gasteiger partial charge is 0.387 e. The lowest BCUT2D eigenvalue weighted by Gasteiger charge is -2.11. The van der Waals surface area contributed by atoms with E-state index in [2.05, 4.69) is 36.6 Å². The topological polar surface area (TPSA) is 26.3 Å². The van der Waals surface area contributed by atoms with Crippen LogP contribution in [0.1, 0.15) is 17.3 Å². The normalized spacial score (nSPS) is 10.5. The van der Waals surface area contributed by atoms with Crippen LogP contribution in [0.2, 0.25) is 0 Å². The third-order valence-corrected chi connectivity index (χ3v) is 3.05. The first kappa shape index (κ1) is 12.6. The molecule has 1 aromatic rings. The number of carbonyl (C=O) groups excluding carboxylic acids is 1. The van der Waals surface area contributed by atoms with Crippen molar-refractivity contribution in [3.63, 3.8) is 0 Å². The van der Waals surface area contributed by atoms with Crippen LogP contribution in [0.15, 0.2) is 21.1 Å². The van der Waals surface area contributed by atoms with Gasteiger partial charge >= 0.3 is 6.61 Å². The summed E-state index contributed by atoms with van der Waals surface area (Å²) in [6, 6.07) is 3.01. The van der Waals surface area contributed by atoms with Crippen molar-refractivity contribution in [2.75, 3.05) is 0 Å². The molecule has 0 N–H and O–H groups in total. The number of carbonyl (C=O) groups is 1. The first-order chi connectivity index (χ1) is 6.93. The molecule has 82 valence electrons.